The van der Waals surface area contributed by atoms with Crippen LogP contribution in [0.5, 0.6) is 0 Å². The van der Waals surface area contributed by atoms with Crippen molar-refractivity contribution in [2.75, 3.05) is 10.6 Å². The number of nitrogens with one attached hydrogen (secondary N) is 2. The Hall–Kier alpha value is -3.55. The Balaban J connectivity index is 1.78. The van der Waals surface area contributed by atoms with Gasteiger partial charge in [-0.2, -0.15) is 0 Å². The van der Waals surface area contributed by atoms with E-state index in [2.05, 4.69) is 26.2 Å². The number of hydrogen-bond acceptors (Lipinski definition) is 5. The standard InChI is InChI=1S/C16H14N6O2/c1-11(23)18-13-5-2-4-12(8-13)16(24)19-14-6-3-7-15(9-14)22-10-17-20-21-22/h2-10H,1H3,(H,18,23)(H,19,24). The van der Waals surface area contributed by atoms with Gasteiger partial charge in [0.15, 0.2) is 0 Å². The molecule has 3 rings (SSSR count). The molecule has 1 aromatic heterocycles. The maximum absolute atomic E-state index is 12.4. The van der Waals surface area contributed by atoms with Crippen LogP contribution in [0.15, 0.2) is 54.9 Å². The minimum atomic E-state index is -0.281. The zero-order valence-corrected chi connectivity index (χ0v) is 12.8. The zero-order chi connectivity index (χ0) is 16.9. The van der Waals surface area contributed by atoms with Gasteiger partial charge in [-0.15, -0.1) is 5.10 Å². The lowest BCUT2D eigenvalue weighted by molar-refractivity contribution is -0.114. The number of rotatable bonds is 4. The molecule has 24 heavy (non-hydrogen) atoms. The number of tetrazole rings is 1. The van der Waals surface area contributed by atoms with Gasteiger partial charge in [-0.3, -0.25) is 9.59 Å². The van der Waals surface area contributed by atoms with E-state index in [1.54, 1.807) is 42.5 Å². The van der Waals surface area contributed by atoms with E-state index in [0.717, 1.165) is 5.69 Å². The van der Waals surface area contributed by atoms with E-state index in [1.165, 1.54) is 17.9 Å². The molecule has 0 aliphatic heterocycles. The molecule has 1 heterocycles. The first kappa shape index (κ1) is 15.3. The average Bonchev–Trinajstić information content (AvgIpc) is 3.09. The summed E-state index contributed by atoms with van der Waals surface area (Å²) in [5.41, 5.74) is 2.34. The highest BCUT2D eigenvalue weighted by molar-refractivity contribution is 6.05. The van der Waals surface area contributed by atoms with Crippen molar-refractivity contribution in [3.63, 3.8) is 0 Å². The largest absolute Gasteiger partial charge is 0.326 e. The zero-order valence-electron chi connectivity index (χ0n) is 12.8. The van der Waals surface area contributed by atoms with E-state index in [4.69, 9.17) is 0 Å². The Morgan fingerprint density at radius 1 is 1.00 bits per heavy atom. The lowest BCUT2D eigenvalue weighted by atomic mass is 10.1. The van der Waals surface area contributed by atoms with Crippen molar-refractivity contribution in [2.24, 2.45) is 0 Å². The van der Waals surface area contributed by atoms with Crippen LogP contribution in [0.1, 0.15) is 17.3 Å². The maximum Gasteiger partial charge on any atom is 0.255 e. The number of hydrogen-bond donors (Lipinski definition) is 2. The molecule has 8 nitrogen and oxygen atoms in total. The molecule has 0 aliphatic rings. The van der Waals surface area contributed by atoms with Gasteiger partial charge < -0.3 is 10.6 Å². The Morgan fingerprint density at radius 3 is 2.46 bits per heavy atom. The van der Waals surface area contributed by atoms with Crippen molar-refractivity contribution in [1.29, 1.82) is 0 Å². The molecule has 0 saturated carbocycles. The molecular weight excluding hydrogens is 308 g/mol. The Morgan fingerprint density at radius 2 is 1.75 bits per heavy atom. The first-order valence-corrected chi connectivity index (χ1v) is 7.14. The summed E-state index contributed by atoms with van der Waals surface area (Å²) in [7, 11) is 0. The number of benzene rings is 2. The van der Waals surface area contributed by atoms with E-state index in [0.29, 0.717) is 16.9 Å². The van der Waals surface area contributed by atoms with Crippen LogP contribution in [-0.2, 0) is 4.79 Å². The predicted molar refractivity (Wildman–Crippen MR) is 87.9 cm³/mol. The highest BCUT2D eigenvalue weighted by atomic mass is 16.2. The van der Waals surface area contributed by atoms with E-state index >= 15 is 0 Å². The summed E-state index contributed by atoms with van der Waals surface area (Å²) in [6, 6.07) is 13.8. The van der Waals surface area contributed by atoms with E-state index in [-0.39, 0.29) is 11.8 Å². The maximum atomic E-state index is 12.4. The molecule has 120 valence electrons. The van der Waals surface area contributed by atoms with Crippen LogP contribution in [0.4, 0.5) is 11.4 Å². The van der Waals surface area contributed by atoms with Gasteiger partial charge in [-0.25, -0.2) is 4.68 Å². The van der Waals surface area contributed by atoms with E-state index < -0.39 is 0 Å². The van der Waals surface area contributed by atoms with Crippen LogP contribution in [0, 0.1) is 0 Å². The highest BCUT2D eigenvalue weighted by Gasteiger charge is 2.08. The van der Waals surface area contributed by atoms with Gasteiger partial charge in [0.05, 0.1) is 5.69 Å². The number of nitrogens with zero attached hydrogens (tertiary/aromatic N) is 4. The second-order valence-corrected chi connectivity index (χ2v) is 5.02. The lowest BCUT2D eigenvalue weighted by Gasteiger charge is -2.08. The number of carbonyl (C=O) groups excluding carboxylic acids is 2. The van der Waals surface area contributed by atoms with Crippen molar-refractivity contribution in [3.8, 4) is 5.69 Å². The summed E-state index contributed by atoms with van der Waals surface area (Å²) in [4.78, 5) is 23.5. The molecule has 0 spiro atoms. The molecule has 0 unspecified atom stereocenters. The second kappa shape index (κ2) is 6.69. The number of amides is 2. The fraction of sp³-hybridized carbons (Fsp3) is 0.0625. The van der Waals surface area contributed by atoms with Crippen LogP contribution in [-0.4, -0.2) is 32.0 Å². The average molecular weight is 322 g/mol. The van der Waals surface area contributed by atoms with Crippen LogP contribution in [0.3, 0.4) is 0 Å². The molecule has 2 amide bonds. The SMILES string of the molecule is CC(=O)Nc1cccc(C(=O)Nc2cccc(-n3cnnn3)c2)c1. The molecule has 0 bridgehead atoms. The summed E-state index contributed by atoms with van der Waals surface area (Å²) in [5, 5.41) is 16.4. The van der Waals surface area contributed by atoms with Crippen LogP contribution >= 0.6 is 0 Å². The molecule has 0 saturated heterocycles. The van der Waals surface area contributed by atoms with Gasteiger partial charge >= 0.3 is 0 Å². The van der Waals surface area contributed by atoms with Gasteiger partial charge in [0.25, 0.3) is 5.91 Å². The molecule has 8 heteroatoms. The third-order valence-electron chi connectivity index (χ3n) is 3.16. The first-order valence-electron chi connectivity index (χ1n) is 7.14. The fourth-order valence-corrected chi connectivity index (χ4v) is 2.15. The van der Waals surface area contributed by atoms with Gasteiger partial charge in [0, 0.05) is 23.9 Å². The Kier molecular flexibility index (Phi) is 4.28. The van der Waals surface area contributed by atoms with Gasteiger partial charge in [0.1, 0.15) is 6.33 Å². The molecule has 0 radical (unpaired) electrons. The number of carbonyl (C=O) groups is 2. The Bertz CT molecular complexity index is 876. The first-order chi connectivity index (χ1) is 11.6. The minimum absolute atomic E-state index is 0.193. The van der Waals surface area contributed by atoms with E-state index in [1.807, 2.05) is 6.07 Å². The van der Waals surface area contributed by atoms with Crippen molar-refractivity contribution >= 4 is 23.2 Å². The fourth-order valence-electron chi connectivity index (χ4n) is 2.15. The van der Waals surface area contributed by atoms with Crippen molar-refractivity contribution in [2.45, 2.75) is 6.92 Å². The molecular formula is C16H14N6O2. The van der Waals surface area contributed by atoms with E-state index in [9.17, 15) is 9.59 Å². The van der Waals surface area contributed by atoms with Crippen molar-refractivity contribution in [3.05, 3.63) is 60.4 Å². The second-order valence-electron chi connectivity index (χ2n) is 5.02. The number of aromatic nitrogens is 4. The summed E-state index contributed by atoms with van der Waals surface area (Å²) < 4.78 is 1.49. The van der Waals surface area contributed by atoms with Gasteiger partial charge in [-0.05, 0) is 46.8 Å². The third-order valence-corrected chi connectivity index (χ3v) is 3.16. The topological polar surface area (TPSA) is 102 Å². The smallest absolute Gasteiger partial charge is 0.255 e. The minimum Gasteiger partial charge on any atom is -0.326 e. The van der Waals surface area contributed by atoms with Crippen molar-refractivity contribution < 1.29 is 9.59 Å². The quantitative estimate of drug-likeness (QED) is 0.763. The molecule has 2 N–H and O–H groups in total. The highest BCUT2D eigenvalue weighted by Crippen LogP contribution is 2.16. The summed E-state index contributed by atoms with van der Waals surface area (Å²) in [6.45, 7) is 1.41. The number of anilines is 2. The molecule has 3 aromatic rings. The summed E-state index contributed by atoms with van der Waals surface area (Å²) in [5.74, 6) is -0.474. The molecule has 0 fully saturated rings. The lowest BCUT2D eigenvalue weighted by Crippen LogP contribution is -2.13. The monoisotopic (exact) mass is 322 g/mol. The molecule has 0 aliphatic carbocycles. The normalized spacial score (nSPS) is 10.2. The molecule has 2 aromatic carbocycles. The van der Waals surface area contributed by atoms with Crippen LogP contribution < -0.4 is 10.6 Å². The van der Waals surface area contributed by atoms with Crippen LogP contribution in [0.2, 0.25) is 0 Å². The molecule has 0 atom stereocenters. The Labute approximate surface area is 137 Å². The summed E-state index contributed by atoms with van der Waals surface area (Å²) >= 11 is 0. The van der Waals surface area contributed by atoms with Crippen LogP contribution in [0.25, 0.3) is 5.69 Å². The van der Waals surface area contributed by atoms with Gasteiger partial charge in [0.2, 0.25) is 5.91 Å². The summed E-state index contributed by atoms with van der Waals surface area (Å²) in [6.07, 6.45) is 1.47. The van der Waals surface area contributed by atoms with Crippen molar-refractivity contribution in [1.82, 2.24) is 20.2 Å². The van der Waals surface area contributed by atoms with Gasteiger partial charge in [-0.1, -0.05) is 12.1 Å². The third kappa shape index (κ3) is 3.61. The predicted octanol–water partition coefficient (Wildman–Crippen LogP) is 1.87.